The second kappa shape index (κ2) is 11.1. The lowest BCUT2D eigenvalue weighted by Crippen LogP contribution is -2.30. The van der Waals surface area contributed by atoms with Crippen LogP contribution in [0.2, 0.25) is 0 Å². The number of benzene rings is 2. The van der Waals surface area contributed by atoms with Gasteiger partial charge in [0.25, 0.3) is 0 Å². The highest BCUT2D eigenvalue weighted by Crippen LogP contribution is 2.27. The molecular weight excluding hydrogens is 446 g/mol. The van der Waals surface area contributed by atoms with Crippen molar-refractivity contribution in [2.24, 2.45) is 0 Å². The quantitative estimate of drug-likeness (QED) is 0.279. The molecular formula is C23H31N3O4S2. The number of hydrogen-bond donors (Lipinski definition) is 0. The van der Waals surface area contributed by atoms with Gasteiger partial charge in [-0.05, 0) is 56.3 Å². The zero-order valence-corrected chi connectivity index (χ0v) is 20.7. The third-order valence-electron chi connectivity index (χ3n) is 5.06. The van der Waals surface area contributed by atoms with Gasteiger partial charge in [0, 0.05) is 25.4 Å². The smallest absolute Gasteiger partial charge is 0.243 e. The first-order valence-corrected chi connectivity index (χ1v) is 13.4. The summed E-state index contributed by atoms with van der Waals surface area (Å²) in [6.45, 7) is 10.5. The van der Waals surface area contributed by atoms with Crippen molar-refractivity contribution in [3.8, 4) is 11.5 Å². The molecule has 0 saturated heterocycles. The fraction of sp³-hybridized carbons (Fsp3) is 0.435. The van der Waals surface area contributed by atoms with E-state index in [0.29, 0.717) is 31.8 Å². The summed E-state index contributed by atoms with van der Waals surface area (Å²) in [6.07, 6.45) is 0. The minimum absolute atomic E-state index is 0.282. The predicted molar refractivity (Wildman–Crippen MR) is 129 cm³/mol. The van der Waals surface area contributed by atoms with Crippen molar-refractivity contribution >= 4 is 32.8 Å². The highest BCUT2D eigenvalue weighted by molar-refractivity contribution is 7.99. The standard InChI is InChI=1S/C23H31N3O4S2/c1-5-25(6-2)32(27,28)20-13-14-22-21(17-20)24-23(26(22)7-3)31-16-15-30-19-11-9-18(10-12-19)29-8-4/h9-14,17H,5-8,15-16H2,1-4H3. The van der Waals surface area contributed by atoms with E-state index in [1.807, 2.05) is 51.1 Å². The monoisotopic (exact) mass is 477 g/mol. The molecule has 0 N–H and O–H groups in total. The first-order valence-electron chi connectivity index (χ1n) is 10.9. The number of thioether (sulfide) groups is 1. The molecule has 0 radical (unpaired) electrons. The van der Waals surface area contributed by atoms with E-state index in [9.17, 15) is 8.42 Å². The molecule has 32 heavy (non-hydrogen) atoms. The zero-order chi connectivity index (χ0) is 23.1. The number of aryl methyl sites for hydroxylation is 1. The molecule has 174 valence electrons. The Labute approximate surface area is 194 Å². The molecule has 3 rings (SSSR count). The Bertz CT molecular complexity index is 1120. The second-order valence-electron chi connectivity index (χ2n) is 6.98. The third-order valence-corrected chi connectivity index (χ3v) is 8.05. The van der Waals surface area contributed by atoms with Gasteiger partial charge in [0.05, 0.1) is 29.1 Å². The van der Waals surface area contributed by atoms with Crippen molar-refractivity contribution in [3.05, 3.63) is 42.5 Å². The van der Waals surface area contributed by atoms with Crippen LogP contribution < -0.4 is 9.47 Å². The number of ether oxygens (including phenoxy) is 2. The molecule has 0 atom stereocenters. The topological polar surface area (TPSA) is 73.7 Å². The fourth-order valence-electron chi connectivity index (χ4n) is 3.47. The summed E-state index contributed by atoms with van der Waals surface area (Å²) in [5.41, 5.74) is 1.62. The normalized spacial score (nSPS) is 11.9. The number of fused-ring (bicyclic) bond motifs is 1. The van der Waals surface area contributed by atoms with Crippen molar-refractivity contribution < 1.29 is 17.9 Å². The van der Waals surface area contributed by atoms with E-state index in [1.165, 1.54) is 4.31 Å². The van der Waals surface area contributed by atoms with Crippen LogP contribution in [-0.2, 0) is 16.6 Å². The van der Waals surface area contributed by atoms with Crippen LogP contribution in [0.1, 0.15) is 27.7 Å². The molecule has 0 unspecified atom stereocenters. The summed E-state index contributed by atoms with van der Waals surface area (Å²) in [6, 6.07) is 12.8. The number of nitrogens with zero attached hydrogens (tertiary/aromatic N) is 3. The molecule has 0 bridgehead atoms. The lowest BCUT2D eigenvalue weighted by molar-refractivity contribution is 0.332. The third kappa shape index (κ3) is 5.39. The first kappa shape index (κ1) is 24.4. The minimum atomic E-state index is -3.51. The summed E-state index contributed by atoms with van der Waals surface area (Å²) in [4.78, 5) is 5.00. The molecule has 0 saturated carbocycles. The van der Waals surface area contributed by atoms with Gasteiger partial charge in [0.1, 0.15) is 11.5 Å². The van der Waals surface area contributed by atoms with E-state index in [0.717, 1.165) is 34.5 Å². The van der Waals surface area contributed by atoms with Gasteiger partial charge in [0.15, 0.2) is 5.16 Å². The molecule has 0 spiro atoms. The molecule has 9 heteroatoms. The Morgan fingerprint density at radius 3 is 2.22 bits per heavy atom. The number of hydrogen-bond acceptors (Lipinski definition) is 6. The molecule has 0 aliphatic carbocycles. The van der Waals surface area contributed by atoms with E-state index in [2.05, 4.69) is 11.5 Å². The Hall–Kier alpha value is -2.23. The van der Waals surface area contributed by atoms with Crippen molar-refractivity contribution in [2.45, 2.75) is 44.3 Å². The van der Waals surface area contributed by atoms with Gasteiger partial charge in [-0.25, -0.2) is 13.4 Å². The number of sulfonamides is 1. The summed E-state index contributed by atoms with van der Waals surface area (Å²) >= 11 is 1.60. The van der Waals surface area contributed by atoms with E-state index in [-0.39, 0.29) is 4.90 Å². The zero-order valence-electron chi connectivity index (χ0n) is 19.1. The molecule has 0 amide bonds. The maximum atomic E-state index is 12.9. The molecule has 3 aromatic rings. The summed E-state index contributed by atoms with van der Waals surface area (Å²) < 4.78 is 40.6. The van der Waals surface area contributed by atoms with E-state index >= 15 is 0 Å². The van der Waals surface area contributed by atoms with Gasteiger partial charge in [0.2, 0.25) is 10.0 Å². The fourth-order valence-corrected chi connectivity index (χ4v) is 5.84. The first-order chi connectivity index (χ1) is 15.4. The van der Waals surface area contributed by atoms with Gasteiger partial charge in [-0.15, -0.1) is 0 Å². The number of rotatable bonds is 12. The maximum absolute atomic E-state index is 12.9. The highest BCUT2D eigenvalue weighted by atomic mass is 32.2. The van der Waals surface area contributed by atoms with Crippen LogP contribution in [0.5, 0.6) is 11.5 Å². The Balaban J connectivity index is 1.70. The molecule has 2 aromatic carbocycles. The average Bonchev–Trinajstić information content (AvgIpc) is 3.15. The van der Waals surface area contributed by atoms with Crippen LogP contribution in [0, 0.1) is 0 Å². The molecule has 0 fully saturated rings. The van der Waals surface area contributed by atoms with Crippen LogP contribution in [0.25, 0.3) is 11.0 Å². The van der Waals surface area contributed by atoms with Crippen LogP contribution in [-0.4, -0.2) is 54.3 Å². The summed E-state index contributed by atoms with van der Waals surface area (Å²) in [7, 11) is -3.51. The van der Waals surface area contributed by atoms with Gasteiger partial charge >= 0.3 is 0 Å². The minimum Gasteiger partial charge on any atom is -0.494 e. The van der Waals surface area contributed by atoms with Gasteiger partial charge in [-0.1, -0.05) is 25.6 Å². The molecule has 7 nitrogen and oxygen atoms in total. The van der Waals surface area contributed by atoms with Gasteiger partial charge in [-0.3, -0.25) is 0 Å². The maximum Gasteiger partial charge on any atom is 0.243 e. The Morgan fingerprint density at radius 1 is 0.969 bits per heavy atom. The Morgan fingerprint density at radius 2 is 1.62 bits per heavy atom. The van der Waals surface area contributed by atoms with Crippen LogP contribution in [0.4, 0.5) is 0 Å². The van der Waals surface area contributed by atoms with E-state index < -0.39 is 10.0 Å². The van der Waals surface area contributed by atoms with Crippen molar-refractivity contribution in [3.63, 3.8) is 0 Å². The van der Waals surface area contributed by atoms with E-state index in [1.54, 1.807) is 23.9 Å². The lowest BCUT2D eigenvalue weighted by atomic mass is 10.3. The van der Waals surface area contributed by atoms with Crippen LogP contribution >= 0.6 is 11.8 Å². The molecule has 1 heterocycles. The predicted octanol–water partition coefficient (Wildman–Crippen LogP) is 4.66. The molecule has 0 aliphatic heterocycles. The van der Waals surface area contributed by atoms with Crippen molar-refractivity contribution in [2.75, 3.05) is 32.1 Å². The highest BCUT2D eigenvalue weighted by Gasteiger charge is 2.23. The molecule has 1 aromatic heterocycles. The lowest BCUT2D eigenvalue weighted by Gasteiger charge is -2.18. The summed E-state index contributed by atoms with van der Waals surface area (Å²) in [5.74, 6) is 2.35. The summed E-state index contributed by atoms with van der Waals surface area (Å²) in [5, 5.41) is 0.857. The van der Waals surface area contributed by atoms with Gasteiger partial charge < -0.3 is 14.0 Å². The van der Waals surface area contributed by atoms with Crippen molar-refractivity contribution in [1.82, 2.24) is 13.9 Å². The van der Waals surface area contributed by atoms with Crippen molar-refractivity contribution in [1.29, 1.82) is 0 Å². The van der Waals surface area contributed by atoms with E-state index in [4.69, 9.17) is 14.5 Å². The van der Waals surface area contributed by atoms with Crippen LogP contribution in [0.15, 0.2) is 52.5 Å². The van der Waals surface area contributed by atoms with Gasteiger partial charge in [-0.2, -0.15) is 4.31 Å². The molecule has 0 aliphatic rings. The SMILES string of the molecule is CCOc1ccc(OCCSc2nc3cc(S(=O)(=O)N(CC)CC)ccc3n2CC)cc1. The number of imidazole rings is 1. The number of aromatic nitrogens is 2. The Kier molecular flexibility index (Phi) is 8.44. The van der Waals surface area contributed by atoms with Crippen LogP contribution in [0.3, 0.4) is 0 Å². The largest absolute Gasteiger partial charge is 0.494 e. The average molecular weight is 478 g/mol. The second-order valence-corrected chi connectivity index (χ2v) is 9.98.